The second-order valence-corrected chi connectivity index (χ2v) is 6.91. The van der Waals surface area contributed by atoms with Crippen LogP contribution >= 0.6 is 0 Å². The summed E-state index contributed by atoms with van der Waals surface area (Å²) in [5.41, 5.74) is 2.91. The summed E-state index contributed by atoms with van der Waals surface area (Å²) in [7, 11) is 0. The van der Waals surface area contributed by atoms with Crippen LogP contribution in [-0.4, -0.2) is 71.9 Å². The maximum atomic E-state index is 12.7. The lowest BCUT2D eigenvalue weighted by atomic mass is 10.1. The van der Waals surface area contributed by atoms with Crippen molar-refractivity contribution in [3.05, 3.63) is 29.8 Å². The lowest BCUT2D eigenvalue weighted by Crippen LogP contribution is -2.50. The first-order valence-electron chi connectivity index (χ1n) is 9.18. The molecule has 2 aliphatic rings. The fraction of sp³-hybridized carbons (Fsp3) is 0.579. The molecule has 1 aromatic carbocycles. The molecule has 1 saturated heterocycles. The van der Waals surface area contributed by atoms with Crippen LogP contribution < -0.4 is 5.01 Å². The molecule has 1 fully saturated rings. The molecule has 1 atom stereocenters. The standard InChI is InChI=1S/C19H28N4O2/c1-3-18(24)14-21-10-12-22(13-11-21)19(25)16-4-6-17(7-5-16)23-9-8-15(2)20-23/h4-7,18,24H,3,8-14H2,1-2H3/t18-/m1/s1. The van der Waals surface area contributed by atoms with E-state index in [9.17, 15) is 9.90 Å². The second kappa shape index (κ2) is 7.97. The van der Waals surface area contributed by atoms with Crippen LogP contribution in [0.1, 0.15) is 37.0 Å². The number of anilines is 1. The molecule has 2 heterocycles. The number of β-amino-alcohol motifs (C(OH)–C–C–N with tert-alkyl or cyclic N) is 1. The molecule has 1 N–H and O–H groups in total. The van der Waals surface area contributed by atoms with Crippen LogP contribution in [0.2, 0.25) is 0 Å². The highest BCUT2D eigenvalue weighted by molar-refractivity contribution is 5.94. The Labute approximate surface area is 149 Å². The monoisotopic (exact) mass is 344 g/mol. The van der Waals surface area contributed by atoms with Gasteiger partial charge in [0.1, 0.15) is 0 Å². The average Bonchev–Trinajstić information content (AvgIpc) is 3.08. The Morgan fingerprint density at radius 1 is 1.16 bits per heavy atom. The van der Waals surface area contributed by atoms with E-state index in [1.54, 1.807) is 0 Å². The number of piperazine rings is 1. The molecule has 0 aliphatic carbocycles. The Bertz CT molecular complexity index is 621. The van der Waals surface area contributed by atoms with E-state index in [0.717, 1.165) is 49.4 Å². The molecule has 0 saturated carbocycles. The van der Waals surface area contributed by atoms with Crippen molar-refractivity contribution < 1.29 is 9.90 Å². The highest BCUT2D eigenvalue weighted by atomic mass is 16.3. The molecule has 0 aromatic heterocycles. The zero-order valence-corrected chi connectivity index (χ0v) is 15.2. The summed E-state index contributed by atoms with van der Waals surface area (Å²) in [4.78, 5) is 16.8. The fourth-order valence-corrected chi connectivity index (χ4v) is 3.28. The number of aliphatic hydroxyl groups is 1. The van der Waals surface area contributed by atoms with E-state index >= 15 is 0 Å². The van der Waals surface area contributed by atoms with Crippen LogP contribution in [0.5, 0.6) is 0 Å². The fourth-order valence-electron chi connectivity index (χ4n) is 3.28. The first kappa shape index (κ1) is 17.9. The van der Waals surface area contributed by atoms with E-state index in [1.807, 2.05) is 48.0 Å². The van der Waals surface area contributed by atoms with Gasteiger partial charge in [-0.1, -0.05) is 6.92 Å². The van der Waals surface area contributed by atoms with Gasteiger partial charge < -0.3 is 10.0 Å². The Balaban J connectivity index is 1.55. The molecular formula is C19H28N4O2. The molecule has 2 aliphatic heterocycles. The van der Waals surface area contributed by atoms with E-state index in [0.29, 0.717) is 19.6 Å². The molecule has 1 aromatic rings. The Kier molecular flexibility index (Phi) is 5.71. The summed E-state index contributed by atoms with van der Waals surface area (Å²) in [5.74, 6) is 0.0864. The zero-order valence-electron chi connectivity index (χ0n) is 15.2. The van der Waals surface area contributed by atoms with Gasteiger partial charge in [0.05, 0.1) is 11.8 Å². The van der Waals surface area contributed by atoms with Crippen LogP contribution in [0.4, 0.5) is 5.69 Å². The molecular weight excluding hydrogens is 316 g/mol. The van der Waals surface area contributed by atoms with Gasteiger partial charge in [-0.15, -0.1) is 0 Å². The highest BCUT2D eigenvalue weighted by Gasteiger charge is 2.23. The molecule has 3 rings (SSSR count). The summed E-state index contributed by atoms with van der Waals surface area (Å²) in [6.07, 6.45) is 1.50. The third-order valence-corrected chi connectivity index (χ3v) is 4.99. The molecule has 0 unspecified atom stereocenters. The number of carbonyl (C=O) groups excluding carboxylic acids is 1. The van der Waals surface area contributed by atoms with Crippen molar-refractivity contribution in [2.24, 2.45) is 5.10 Å². The Hall–Kier alpha value is -1.92. The molecule has 25 heavy (non-hydrogen) atoms. The van der Waals surface area contributed by atoms with E-state index in [1.165, 1.54) is 0 Å². The van der Waals surface area contributed by atoms with Crippen LogP contribution in [0.15, 0.2) is 29.4 Å². The normalized spacial score (nSPS) is 19.9. The predicted molar refractivity (Wildman–Crippen MR) is 100 cm³/mol. The van der Waals surface area contributed by atoms with Crippen molar-refractivity contribution in [3.63, 3.8) is 0 Å². The number of aliphatic hydroxyl groups excluding tert-OH is 1. The van der Waals surface area contributed by atoms with Gasteiger partial charge in [0.15, 0.2) is 0 Å². The number of carbonyl (C=O) groups is 1. The third kappa shape index (κ3) is 4.38. The highest BCUT2D eigenvalue weighted by Crippen LogP contribution is 2.20. The molecule has 136 valence electrons. The number of hydrogen-bond acceptors (Lipinski definition) is 5. The van der Waals surface area contributed by atoms with Gasteiger partial charge in [-0.25, -0.2) is 0 Å². The lowest BCUT2D eigenvalue weighted by molar-refractivity contribution is 0.0524. The molecule has 0 radical (unpaired) electrons. The maximum absolute atomic E-state index is 12.7. The second-order valence-electron chi connectivity index (χ2n) is 6.91. The van der Waals surface area contributed by atoms with Gasteiger partial charge in [-0.2, -0.15) is 5.10 Å². The third-order valence-electron chi connectivity index (χ3n) is 4.99. The topological polar surface area (TPSA) is 59.4 Å². The number of hydrogen-bond donors (Lipinski definition) is 1. The van der Waals surface area contributed by atoms with Gasteiger partial charge in [0.25, 0.3) is 5.91 Å². The predicted octanol–water partition coefficient (Wildman–Crippen LogP) is 1.80. The number of rotatable bonds is 5. The van der Waals surface area contributed by atoms with E-state index in [2.05, 4.69) is 10.0 Å². The minimum absolute atomic E-state index is 0.0864. The SMILES string of the molecule is CC[C@@H](O)CN1CCN(C(=O)c2ccc(N3CCC(C)=N3)cc2)CC1. The Morgan fingerprint density at radius 2 is 1.84 bits per heavy atom. The number of benzene rings is 1. The van der Waals surface area contributed by atoms with Gasteiger partial charge in [-0.05, 0) is 37.6 Å². The summed E-state index contributed by atoms with van der Waals surface area (Å²) in [6, 6.07) is 7.74. The van der Waals surface area contributed by atoms with Crippen molar-refractivity contribution in [2.75, 3.05) is 44.3 Å². The molecule has 6 heteroatoms. The number of hydrazone groups is 1. The van der Waals surface area contributed by atoms with E-state index < -0.39 is 0 Å². The van der Waals surface area contributed by atoms with Gasteiger partial charge in [0, 0.05) is 57.0 Å². The van der Waals surface area contributed by atoms with Crippen molar-refractivity contribution in [2.45, 2.75) is 32.8 Å². The molecule has 0 bridgehead atoms. The first-order valence-corrected chi connectivity index (χ1v) is 9.18. The van der Waals surface area contributed by atoms with E-state index in [-0.39, 0.29) is 12.0 Å². The summed E-state index contributed by atoms with van der Waals surface area (Å²) in [5, 5.41) is 16.2. The van der Waals surface area contributed by atoms with Crippen molar-refractivity contribution in [1.82, 2.24) is 9.80 Å². The molecule has 6 nitrogen and oxygen atoms in total. The van der Waals surface area contributed by atoms with Gasteiger partial charge >= 0.3 is 0 Å². The lowest BCUT2D eigenvalue weighted by Gasteiger charge is -2.35. The van der Waals surface area contributed by atoms with Crippen molar-refractivity contribution >= 4 is 17.3 Å². The van der Waals surface area contributed by atoms with Gasteiger partial charge in [0.2, 0.25) is 0 Å². The quantitative estimate of drug-likeness (QED) is 0.885. The van der Waals surface area contributed by atoms with Crippen LogP contribution in [0.3, 0.4) is 0 Å². The average molecular weight is 344 g/mol. The minimum atomic E-state index is -0.272. The minimum Gasteiger partial charge on any atom is -0.392 e. The van der Waals surface area contributed by atoms with Crippen LogP contribution in [0.25, 0.3) is 0 Å². The summed E-state index contributed by atoms with van der Waals surface area (Å²) in [6.45, 7) is 8.71. The van der Waals surface area contributed by atoms with Crippen molar-refractivity contribution in [3.8, 4) is 0 Å². The smallest absolute Gasteiger partial charge is 0.253 e. The molecule has 1 amide bonds. The van der Waals surface area contributed by atoms with Crippen LogP contribution in [-0.2, 0) is 0 Å². The number of amides is 1. The van der Waals surface area contributed by atoms with Gasteiger partial charge in [-0.3, -0.25) is 14.7 Å². The Morgan fingerprint density at radius 3 is 2.40 bits per heavy atom. The molecule has 0 spiro atoms. The zero-order chi connectivity index (χ0) is 17.8. The maximum Gasteiger partial charge on any atom is 0.253 e. The van der Waals surface area contributed by atoms with E-state index in [4.69, 9.17) is 0 Å². The summed E-state index contributed by atoms with van der Waals surface area (Å²) < 4.78 is 0. The van der Waals surface area contributed by atoms with Crippen molar-refractivity contribution in [1.29, 1.82) is 0 Å². The number of nitrogens with zero attached hydrogens (tertiary/aromatic N) is 4. The first-order chi connectivity index (χ1) is 12.1. The largest absolute Gasteiger partial charge is 0.392 e. The summed E-state index contributed by atoms with van der Waals surface area (Å²) >= 11 is 0. The van der Waals surface area contributed by atoms with Crippen LogP contribution in [0, 0.1) is 0 Å².